The van der Waals surface area contributed by atoms with Crippen molar-refractivity contribution in [1.29, 1.82) is 0 Å². The van der Waals surface area contributed by atoms with Gasteiger partial charge in [-0.25, -0.2) is 4.79 Å². The molecule has 0 unspecified atom stereocenters. The van der Waals surface area contributed by atoms with E-state index >= 15 is 0 Å². The Morgan fingerprint density at radius 1 is 1.20 bits per heavy atom. The molecule has 0 saturated heterocycles. The minimum Gasteiger partial charge on any atom is -0.465 e. The standard InChI is InChI=1S/C23H25Cl2N5O3S2/c1-5-29(6-2)21(31)19-13(3)18(22(32)33-4)20(35-19)28-23(34)27-14-10-26-30(11-14)12-15-16(24)8-7-9-17(15)25/h7-11H,5-6,12H2,1-4H3,(H2,27,28,34). The molecule has 0 spiro atoms. The summed E-state index contributed by atoms with van der Waals surface area (Å²) in [4.78, 5) is 27.6. The average molecular weight is 555 g/mol. The first kappa shape index (κ1) is 26.9. The van der Waals surface area contributed by atoms with Crippen LogP contribution in [0, 0.1) is 6.92 Å². The van der Waals surface area contributed by atoms with Crippen LogP contribution in [0.5, 0.6) is 0 Å². The lowest BCUT2D eigenvalue weighted by Gasteiger charge is -2.17. The number of hydrogen-bond acceptors (Lipinski definition) is 6. The van der Waals surface area contributed by atoms with Crippen molar-refractivity contribution in [3.63, 3.8) is 0 Å². The number of methoxy groups -OCH3 is 1. The van der Waals surface area contributed by atoms with E-state index in [1.165, 1.54) is 18.4 Å². The van der Waals surface area contributed by atoms with Crippen LogP contribution in [0.4, 0.5) is 10.7 Å². The molecule has 0 aliphatic rings. The smallest absolute Gasteiger partial charge is 0.341 e. The second kappa shape index (κ2) is 11.9. The summed E-state index contributed by atoms with van der Waals surface area (Å²) in [5, 5.41) is 12.2. The Morgan fingerprint density at radius 3 is 2.46 bits per heavy atom. The molecule has 186 valence electrons. The number of rotatable bonds is 8. The number of nitrogens with one attached hydrogen (secondary N) is 2. The second-order valence-corrected chi connectivity index (χ2v) is 9.68. The lowest BCUT2D eigenvalue weighted by molar-refractivity contribution is 0.0601. The number of amides is 1. The fraction of sp³-hybridized carbons (Fsp3) is 0.304. The number of anilines is 2. The highest BCUT2D eigenvalue weighted by molar-refractivity contribution is 7.80. The van der Waals surface area contributed by atoms with Gasteiger partial charge in [-0.1, -0.05) is 29.3 Å². The number of aromatic nitrogens is 2. The summed E-state index contributed by atoms with van der Waals surface area (Å²) in [6.07, 6.45) is 3.36. The zero-order valence-corrected chi connectivity index (χ0v) is 22.8. The molecule has 2 N–H and O–H groups in total. The Kier molecular flexibility index (Phi) is 9.12. The zero-order valence-electron chi connectivity index (χ0n) is 19.6. The van der Waals surface area contributed by atoms with Crippen molar-refractivity contribution in [2.75, 3.05) is 30.8 Å². The number of thiophene rings is 1. The van der Waals surface area contributed by atoms with E-state index in [4.69, 9.17) is 40.2 Å². The number of benzene rings is 1. The maximum absolute atomic E-state index is 13.0. The van der Waals surface area contributed by atoms with Crippen molar-refractivity contribution in [1.82, 2.24) is 14.7 Å². The molecule has 2 aromatic heterocycles. The van der Waals surface area contributed by atoms with Crippen molar-refractivity contribution in [3.8, 4) is 0 Å². The molecule has 12 heteroatoms. The molecule has 0 radical (unpaired) electrons. The van der Waals surface area contributed by atoms with Gasteiger partial charge in [-0.2, -0.15) is 5.10 Å². The summed E-state index contributed by atoms with van der Waals surface area (Å²) in [5.41, 5.74) is 2.21. The van der Waals surface area contributed by atoms with Crippen LogP contribution in [0.15, 0.2) is 30.6 Å². The first-order valence-corrected chi connectivity index (χ1v) is 12.7. The molecular weight excluding hydrogens is 529 g/mol. The van der Waals surface area contributed by atoms with Crippen molar-refractivity contribution < 1.29 is 14.3 Å². The monoisotopic (exact) mass is 553 g/mol. The van der Waals surface area contributed by atoms with Gasteiger partial charge in [0.15, 0.2) is 5.11 Å². The molecule has 35 heavy (non-hydrogen) atoms. The first-order valence-electron chi connectivity index (χ1n) is 10.7. The summed E-state index contributed by atoms with van der Waals surface area (Å²) < 4.78 is 6.62. The number of nitrogens with zero attached hydrogens (tertiary/aromatic N) is 3. The number of esters is 1. The summed E-state index contributed by atoms with van der Waals surface area (Å²) >= 11 is 19.1. The normalized spacial score (nSPS) is 10.7. The van der Waals surface area contributed by atoms with E-state index in [1.54, 1.807) is 47.1 Å². The molecule has 0 aliphatic carbocycles. The Balaban J connectivity index is 1.78. The predicted octanol–water partition coefficient (Wildman–Crippen LogP) is 5.69. The van der Waals surface area contributed by atoms with Crippen molar-refractivity contribution >= 4 is 74.4 Å². The van der Waals surface area contributed by atoms with Gasteiger partial charge in [0.25, 0.3) is 5.91 Å². The highest BCUT2D eigenvalue weighted by Crippen LogP contribution is 2.35. The van der Waals surface area contributed by atoms with Crippen LogP contribution in [0.2, 0.25) is 10.0 Å². The minimum absolute atomic E-state index is 0.144. The molecular formula is C23H25Cl2N5O3S2. The van der Waals surface area contributed by atoms with E-state index < -0.39 is 5.97 Å². The molecule has 0 saturated carbocycles. The van der Waals surface area contributed by atoms with Crippen LogP contribution >= 0.6 is 46.8 Å². The Labute approximate surface area is 223 Å². The average Bonchev–Trinajstić information content (AvgIpc) is 3.40. The summed E-state index contributed by atoms with van der Waals surface area (Å²) in [6, 6.07) is 5.32. The van der Waals surface area contributed by atoms with Gasteiger partial charge in [-0.15, -0.1) is 11.3 Å². The van der Waals surface area contributed by atoms with Crippen LogP contribution in [0.3, 0.4) is 0 Å². The molecule has 2 heterocycles. The molecule has 3 rings (SSSR count). The van der Waals surface area contributed by atoms with E-state index in [2.05, 4.69) is 15.7 Å². The number of hydrogen-bond donors (Lipinski definition) is 2. The fourth-order valence-electron chi connectivity index (χ4n) is 3.43. The fourth-order valence-corrected chi connectivity index (χ4v) is 5.40. The second-order valence-electron chi connectivity index (χ2n) is 7.44. The Morgan fingerprint density at radius 2 is 1.86 bits per heavy atom. The van der Waals surface area contributed by atoms with Gasteiger partial charge in [0.05, 0.1) is 36.0 Å². The molecule has 0 atom stereocenters. The number of carbonyl (C=O) groups is 2. The van der Waals surface area contributed by atoms with Crippen LogP contribution in [-0.4, -0.2) is 51.9 Å². The van der Waals surface area contributed by atoms with Crippen LogP contribution in [0.25, 0.3) is 0 Å². The third-order valence-electron chi connectivity index (χ3n) is 5.28. The van der Waals surface area contributed by atoms with E-state index in [0.29, 0.717) is 50.8 Å². The number of ether oxygens (including phenoxy) is 1. The van der Waals surface area contributed by atoms with Crippen molar-refractivity contribution in [3.05, 3.63) is 62.2 Å². The van der Waals surface area contributed by atoms with Crippen LogP contribution in [-0.2, 0) is 11.3 Å². The van der Waals surface area contributed by atoms with Crippen LogP contribution < -0.4 is 10.6 Å². The highest BCUT2D eigenvalue weighted by Gasteiger charge is 2.27. The quantitative estimate of drug-likeness (QED) is 0.273. The SMILES string of the molecule is CCN(CC)C(=O)c1sc(NC(=S)Nc2cnn(Cc3c(Cl)cccc3Cl)c2)c(C(=O)OC)c1C. The van der Waals surface area contributed by atoms with Gasteiger partial charge in [-0.3, -0.25) is 9.48 Å². The number of carbonyl (C=O) groups excluding carboxylic acids is 2. The lowest BCUT2D eigenvalue weighted by atomic mass is 10.1. The lowest BCUT2D eigenvalue weighted by Crippen LogP contribution is -2.30. The zero-order chi connectivity index (χ0) is 25.7. The third-order valence-corrected chi connectivity index (χ3v) is 7.39. The van der Waals surface area contributed by atoms with Crippen molar-refractivity contribution in [2.45, 2.75) is 27.3 Å². The molecule has 0 fully saturated rings. The molecule has 1 aromatic carbocycles. The van der Waals surface area contributed by atoms with E-state index in [1.807, 2.05) is 13.8 Å². The van der Waals surface area contributed by atoms with Gasteiger partial charge in [0.1, 0.15) is 5.00 Å². The minimum atomic E-state index is -0.549. The third kappa shape index (κ3) is 6.13. The number of thiocarbonyl (C=S) groups is 1. The highest BCUT2D eigenvalue weighted by atomic mass is 35.5. The summed E-state index contributed by atoms with van der Waals surface area (Å²) in [7, 11) is 1.30. The van der Waals surface area contributed by atoms with Gasteiger partial charge in [0, 0.05) is 34.9 Å². The van der Waals surface area contributed by atoms with Gasteiger partial charge < -0.3 is 20.3 Å². The Bertz CT molecular complexity index is 1230. The molecule has 8 nitrogen and oxygen atoms in total. The van der Waals surface area contributed by atoms with Crippen molar-refractivity contribution in [2.24, 2.45) is 0 Å². The maximum atomic E-state index is 13.0. The van der Waals surface area contributed by atoms with Crippen LogP contribution in [0.1, 0.15) is 45.0 Å². The largest absolute Gasteiger partial charge is 0.465 e. The Hall–Kier alpha value is -2.66. The molecule has 1 amide bonds. The molecule has 0 bridgehead atoms. The topological polar surface area (TPSA) is 88.5 Å². The maximum Gasteiger partial charge on any atom is 0.341 e. The van der Waals surface area contributed by atoms with Gasteiger partial charge in [0.2, 0.25) is 0 Å². The van der Waals surface area contributed by atoms with Gasteiger partial charge >= 0.3 is 5.97 Å². The summed E-state index contributed by atoms with van der Waals surface area (Å²) in [6.45, 7) is 7.05. The predicted molar refractivity (Wildman–Crippen MR) is 145 cm³/mol. The molecule has 0 aliphatic heterocycles. The summed E-state index contributed by atoms with van der Waals surface area (Å²) in [5.74, 6) is -0.693. The van der Waals surface area contributed by atoms with E-state index in [9.17, 15) is 9.59 Å². The van der Waals surface area contributed by atoms with E-state index in [-0.39, 0.29) is 16.6 Å². The first-order chi connectivity index (χ1) is 16.7. The molecule has 3 aromatic rings. The van der Waals surface area contributed by atoms with E-state index in [0.717, 1.165) is 5.56 Å². The van der Waals surface area contributed by atoms with Gasteiger partial charge in [-0.05, 0) is 50.7 Å². The number of halogens is 2.